The van der Waals surface area contributed by atoms with Crippen LogP contribution in [0, 0.1) is 18.3 Å². The first kappa shape index (κ1) is 13.4. The van der Waals surface area contributed by atoms with Crippen LogP contribution in [0.15, 0.2) is 0 Å². The van der Waals surface area contributed by atoms with E-state index < -0.39 is 0 Å². The molecule has 0 saturated carbocycles. The molecule has 3 heteroatoms. The molecule has 2 aliphatic heterocycles. The predicted molar refractivity (Wildman–Crippen MR) is 73.0 cm³/mol. The van der Waals surface area contributed by atoms with Crippen LogP contribution < -0.4 is 10.6 Å². The summed E-state index contributed by atoms with van der Waals surface area (Å²) in [6.07, 6.45) is 12.8. The SMILES string of the molecule is C#CC(CCC)NC(=O)CC1CC2CCC(C1)N2. The lowest BCUT2D eigenvalue weighted by Gasteiger charge is -2.28. The first-order valence-electron chi connectivity index (χ1n) is 7.22. The van der Waals surface area contributed by atoms with Crippen molar-refractivity contribution >= 4 is 5.91 Å². The first-order valence-corrected chi connectivity index (χ1v) is 7.22. The van der Waals surface area contributed by atoms with Gasteiger partial charge in [0.15, 0.2) is 0 Å². The van der Waals surface area contributed by atoms with Crippen LogP contribution in [-0.4, -0.2) is 24.0 Å². The summed E-state index contributed by atoms with van der Waals surface area (Å²) >= 11 is 0. The summed E-state index contributed by atoms with van der Waals surface area (Å²) in [6.45, 7) is 2.08. The number of terminal acetylenes is 1. The highest BCUT2D eigenvalue weighted by Crippen LogP contribution is 2.32. The maximum absolute atomic E-state index is 12.0. The minimum atomic E-state index is -0.0825. The van der Waals surface area contributed by atoms with Crippen LogP contribution in [0.3, 0.4) is 0 Å². The van der Waals surface area contributed by atoms with Crippen LogP contribution in [0.2, 0.25) is 0 Å². The van der Waals surface area contributed by atoms with Crippen molar-refractivity contribution in [1.82, 2.24) is 10.6 Å². The van der Waals surface area contributed by atoms with Crippen LogP contribution in [0.1, 0.15) is 51.9 Å². The molecule has 0 aromatic heterocycles. The predicted octanol–water partition coefficient (Wildman–Crippen LogP) is 1.83. The molecule has 0 radical (unpaired) electrons. The molecule has 2 N–H and O–H groups in total. The molecule has 2 saturated heterocycles. The molecular weight excluding hydrogens is 224 g/mol. The van der Waals surface area contributed by atoms with Gasteiger partial charge in [-0.25, -0.2) is 0 Å². The number of rotatable bonds is 5. The van der Waals surface area contributed by atoms with Gasteiger partial charge in [-0.1, -0.05) is 19.3 Å². The Bertz CT molecular complexity index is 322. The van der Waals surface area contributed by atoms with Gasteiger partial charge in [-0.3, -0.25) is 4.79 Å². The number of hydrogen-bond acceptors (Lipinski definition) is 2. The van der Waals surface area contributed by atoms with Crippen molar-refractivity contribution in [2.45, 2.75) is 70.0 Å². The second-order valence-electron chi connectivity index (χ2n) is 5.75. The second kappa shape index (κ2) is 6.24. The summed E-state index contributed by atoms with van der Waals surface area (Å²) in [4.78, 5) is 12.0. The molecule has 0 spiro atoms. The maximum atomic E-state index is 12.0. The Morgan fingerprint density at radius 3 is 2.67 bits per heavy atom. The molecule has 0 aromatic carbocycles. The number of carbonyl (C=O) groups is 1. The van der Waals surface area contributed by atoms with Gasteiger partial charge in [0, 0.05) is 18.5 Å². The van der Waals surface area contributed by atoms with Crippen LogP contribution in [-0.2, 0) is 4.79 Å². The van der Waals surface area contributed by atoms with Gasteiger partial charge in [0.1, 0.15) is 0 Å². The van der Waals surface area contributed by atoms with Gasteiger partial charge in [-0.05, 0) is 38.0 Å². The lowest BCUT2D eigenvalue weighted by atomic mass is 9.89. The molecule has 100 valence electrons. The van der Waals surface area contributed by atoms with Gasteiger partial charge >= 0.3 is 0 Å². The third kappa shape index (κ3) is 3.49. The van der Waals surface area contributed by atoms with Crippen molar-refractivity contribution in [3.63, 3.8) is 0 Å². The summed E-state index contributed by atoms with van der Waals surface area (Å²) in [5.41, 5.74) is 0. The standard InChI is InChI=1S/C15H24N2O/c1-3-5-12(4-2)17-15(18)10-11-8-13-6-7-14(9-11)16-13/h2,11-14,16H,3,5-10H2,1H3,(H,17,18). The maximum Gasteiger partial charge on any atom is 0.221 e. The van der Waals surface area contributed by atoms with Gasteiger partial charge in [-0.15, -0.1) is 6.42 Å². The molecule has 0 aliphatic carbocycles. The third-order valence-electron chi connectivity index (χ3n) is 4.16. The highest BCUT2D eigenvalue weighted by atomic mass is 16.1. The van der Waals surface area contributed by atoms with Crippen LogP contribution >= 0.6 is 0 Å². The molecule has 1 amide bonds. The molecule has 2 bridgehead atoms. The number of hydrogen-bond donors (Lipinski definition) is 2. The van der Waals surface area contributed by atoms with E-state index in [2.05, 4.69) is 23.5 Å². The first-order chi connectivity index (χ1) is 8.71. The second-order valence-corrected chi connectivity index (χ2v) is 5.75. The van der Waals surface area contributed by atoms with Crippen LogP contribution in [0.25, 0.3) is 0 Å². The molecule has 3 unspecified atom stereocenters. The summed E-state index contributed by atoms with van der Waals surface area (Å²) < 4.78 is 0. The quantitative estimate of drug-likeness (QED) is 0.729. The Hall–Kier alpha value is -1.01. The summed E-state index contributed by atoms with van der Waals surface area (Å²) in [7, 11) is 0. The van der Waals surface area contributed by atoms with Gasteiger partial charge in [0.25, 0.3) is 0 Å². The van der Waals surface area contributed by atoms with Gasteiger partial charge in [0.2, 0.25) is 5.91 Å². The van der Waals surface area contributed by atoms with E-state index in [1.54, 1.807) is 0 Å². The van der Waals surface area contributed by atoms with E-state index in [1.165, 1.54) is 12.8 Å². The van der Waals surface area contributed by atoms with Crippen molar-refractivity contribution < 1.29 is 4.79 Å². The van der Waals surface area contributed by atoms with Crippen molar-refractivity contribution in [2.75, 3.05) is 0 Å². The van der Waals surface area contributed by atoms with E-state index in [-0.39, 0.29) is 11.9 Å². The number of nitrogens with one attached hydrogen (secondary N) is 2. The fourth-order valence-electron chi connectivity index (χ4n) is 3.34. The molecule has 3 nitrogen and oxygen atoms in total. The highest BCUT2D eigenvalue weighted by Gasteiger charge is 2.34. The van der Waals surface area contributed by atoms with E-state index in [0.29, 0.717) is 24.4 Å². The van der Waals surface area contributed by atoms with Crippen LogP contribution in [0.4, 0.5) is 0 Å². The van der Waals surface area contributed by atoms with Gasteiger partial charge < -0.3 is 10.6 Å². The van der Waals surface area contributed by atoms with Crippen molar-refractivity contribution in [3.8, 4) is 12.3 Å². The van der Waals surface area contributed by atoms with Crippen molar-refractivity contribution in [1.29, 1.82) is 0 Å². The molecule has 2 heterocycles. The van der Waals surface area contributed by atoms with E-state index in [9.17, 15) is 4.79 Å². The topological polar surface area (TPSA) is 41.1 Å². The average Bonchev–Trinajstić information content (AvgIpc) is 2.68. The lowest BCUT2D eigenvalue weighted by Crippen LogP contribution is -2.41. The molecule has 3 atom stereocenters. The zero-order chi connectivity index (χ0) is 13.0. The smallest absolute Gasteiger partial charge is 0.221 e. The Morgan fingerprint density at radius 2 is 2.11 bits per heavy atom. The third-order valence-corrected chi connectivity index (χ3v) is 4.16. The molecule has 2 aliphatic rings. The Kier molecular flexibility index (Phi) is 4.66. The minimum absolute atomic E-state index is 0.0825. The zero-order valence-corrected chi connectivity index (χ0v) is 11.2. The van der Waals surface area contributed by atoms with E-state index >= 15 is 0 Å². The van der Waals surface area contributed by atoms with E-state index in [1.807, 2.05) is 0 Å². The molecule has 0 aromatic rings. The molecule has 18 heavy (non-hydrogen) atoms. The largest absolute Gasteiger partial charge is 0.342 e. The van der Waals surface area contributed by atoms with Crippen LogP contribution in [0.5, 0.6) is 0 Å². The van der Waals surface area contributed by atoms with E-state index in [0.717, 1.165) is 25.7 Å². The van der Waals surface area contributed by atoms with E-state index in [4.69, 9.17) is 6.42 Å². The normalized spacial score (nSPS) is 31.7. The fourth-order valence-corrected chi connectivity index (χ4v) is 3.34. The summed E-state index contributed by atoms with van der Waals surface area (Å²) in [6, 6.07) is 1.22. The molecule has 2 rings (SSSR count). The number of amides is 1. The molecular formula is C15H24N2O. The Labute approximate surface area is 110 Å². The fraction of sp³-hybridized carbons (Fsp3) is 0.800. The minimum Gasteiger partial charge on any atom is -0.342 e. The number of carbonyl (C=O) groups excluding carboxylic acids is 1. The number of fused-ring (bicyclic) bond motifs is 2. The average molecular weight is 248 g/mol. The zero-order valence-electron chi connectivity index (χ0n) is 11.2. The summed E-state index contributed by atoms with van der Waals surface area (Å²) in [5.74, 6) is 3.34. The van der Waals surface area contributed by atoms with Crippen molar-refractivity contribution in [2.24, 2.45) is 5.92 Å². The summed E-state index contributed by atoms with van der Waals surface area (Å²) in [5, 5.41) is 6.57. The highest BCUT2D eigenvalue weighted by molar-refractivity contribution is 5.76. The Morgan fingerprint density at radius 1 is 1.44 bits per heavy atom. The molecule has 2 fully saturated rings. The van der Waals surface area contributed by atoms with Gasteiger partial charge in [-0.2, -0.15) is 0 Å². The van der Waals surface area contributed by atoms with Gasteiger partial charge in [0.05, 0.1) is 6.04 Å². The number of piperidine rings is 1. The lowest BCUT2D eigenvalue weighted by molar-refractivity contribution is -0.122. The van der Waals surface area contributed by atoms with Crippen molar-refractivity contribution in [3.05, 3.63) is 0 Å². The Balaban J connectivity index is 1.75. The monoisotopic (exact) mass is 248 g/mol.